The molecule has 4 rings (SSSR count). The zero-order valence-corrected chi connectivity index (χ0v) is 17.3. The minimum Gasteiger partial charge on any atom is -0.462 e. The molecule has 2 aromatic carbocycles. The fourth-order valence-corrected chi connectivity index (χ4v) is 4.18. The van der Waals surface area contributed by atoms with Gasteiger partial charge in [-0.3, -0.25) is 9.59 Å². The molecule has 0 saturated carbocycles. The lowest BCUT2D eigenvalue weighted by atomic mass is 9.98. The maximum atomic E-state index is 13.2. The van der Waals surface area contributed by atoms with Crippen molar-refractivity contribution in [3.63, 3.8) is 0 Å². The second-order valence-corrected chi connectivity index (χ2v) is 7.69. The summed E-state index contributed by atoms with van der Waals surface area (Å²) >= 11 is 0. The van der Waals surface area contributed by atoms with Crippen molar-refractivity contribution in [2.75, 3.05) is 24.6 Å². The van der Waals surface area contributed by atoms with Crippen LogP contribution in [0.4, 0.5) is 10.1 Å². The molecule has 2 amide bonds. The Hall–Kier alpha value is -3.32. The van der Waals surface area contributed by atoms with Crippen LogP contribution in [0.5, 0.6) is 0 Å². The molecule has 6 nitrogen and oxygen atoms in total. The standard InChI is InChI=1S/C24H23FN2O4/c1-2-31-24(30)18-5-9-20(10-6-18)27-22(28)15-21(23(27)29)26-13-11-17(12-14-26)16-3-7-19(25)8-4-16/h3-11,21H,2,12-15H2,1H3/p+1/t21-/m1/s1. The lowest BCUT2D eigenvalue weighted by Gasteiger charge is -2.27. The SMILES string of the molecule is CCOC(=O)c1ccc(N2C(=O)C[C@@H]([NH+]3CC=C(c4ccc(F)cc4)CC3)C2=O)cc1. The number of nitrogens with one attached hydrogen (secondary N) is 1. The topological polar surface area (TPSA) is 68.1 Å². The molecule has 0 bridgehead atoms. The molecule has 2 heterocycles. The summed E-state index contributed by atoms with van der Waals surface area (Å²) in [7, 11) is 0. The van der Waals surface area contributed by atoms with Gasteiger partial charge < -0.3 is 9.64 Å². The Bertz CT molecular complexity index is 1030. The summed E-state index contributed by atoms with van der Waals surface area (Å²) in [4.78, 5) is 39.8. The molecule has 7 heteroatoms. The summed E-state index contributed by atoms with van der Waals surface area (Å²) in [5, 5.41) is 0. The number of esters is 1. The maximum Gasteiger partial charge on any atom is 0.338 e. The van der Waals surface area contributed by atoms with Gasteiger partial charge in [-0.25, -0.2) is 14.1 Å². The van der Waals surface area contributed by atoms with Crippen LogP contribution in [0.1, 0.15) is 35.7 Å². The lowest BCUT2D eigenvalue weighted by molar-refractivity contribution is -0.909. The molecule has 1 N–H and O–H groups in total. The van der Waals surface area contributed by atoms with Crippen LogP contribution >= 0.6 is 0 Å². The van der Waals surface area contributed by atoms with Crippen molar-refractivity contribution in [3.05, 3.63) is 71.6 Å². The van der Waals surface area contributed by atoms with Crippen LogP contribution in [0, 0.1) is 5.82 Å². The molecule has 1 fully saturated rings. The van der Waals surface area contributed by atoms with Gasteiger partial charge in [-0.1, -0.05) is 12.1 Å². The number of quaternary nitrogens is 1. The third kappa shape index (κ3) is 4.27. The molecule has 0 aromatic heterocycles. The molecule has 2 atom stereocenters. The van der Waals surface area contributed by atoms with E-state index in [1.807, 2.05) is 0 Å². The molecule has 2 aliphatic heterocycles. The molecule has 0 radical (unpaired) electrons. The molecular weight excluding hydrogens is 399 g/mol. The fraction of sp³-hybridized carbons (Fsp3) is 0.292. The molecule has 1 unspecified atom stereocenters. The van der Waals surface area contributed by atoms with Crippen LogP contribution in [0.25, 0.3) is 5.57 Å². The van der Waals surface area contributed by atoms with Gasteiger partial charge in [0.1, 0.15) is 5.82 Å². The Balaban J connectivity index is 1.45. The first kappa shape index (κ1) is 20.9. The number of imide groups is 1. The predicted octanol–water partition coefficient (Wildman–Crippen LogP) is 2.01. The van der Waals surface area contributed by atoms with Crippen LogP contribution in [0.2, 0.25) is 0 Å². The highest BCUT2D eigenvalue weighted by molar-refractivity contribution is 6.22. The van der Waals surface area contributed by atoms with Crippen molar-refractivity contribution >= 4 is 29.0 Å². The van der Waals surface area contributed by atoms with E-state index in [2.05, 4.69) is 6.08 Å². The largest absolute Gasteiger partial charge is 0.462 e. The number of carbonyl (C=O) groups is 3. The number of hydrogen-bond donors (Lipinski definition) is 1. The molecule has 31 heavy (non-hydrogen) atoms. The van der Waals surface area contributed by atoms with E-state index in [9.17, 15) is 18.8 Å². The van der Waals surface area contributed by atoms with Gasteiger partial charge in [0.05, 0.1) is 37.4 Å². The molecule has 1 saturated heterocycles. The second kappa shape index (κ2) is 8.81. The Labute approximate surface area is 179 Å². The molecule has 2 aromatic rings. The number of anilines is 1. The molecule has 160 valence electrons. The van der Waals surface area contributed by atoms with E-state index in [1.54, 1.807) is 43.3 Å². The van der Waals surface area contributed by atoms with Gasteiger partial charge in [0.15, 0.2) is 6.04 Å². The summed E-state index contributed by atoms with van der Waals surface area (Å²) < 4.78 is 18.1. The van der Waals surface area contributed by atoms with E-state index >= 15 is 0 Å². The smallest absolute Gasteiger partial charge is 0.338 e. The van der Waals surface area contributed by atoms with E-state index in [1.165, 1.54) is 17.0 Å². The lowest BCUT2D eigenvalue weighted by Crippen LogP contribution is -3.17. The van der Waals surface area contributed by atoms with E-state index in [4.69, 9.17) is 4.74 Å². The highest BCUT2D eigenvalue weighted by Gasteiger charge is 2.45. The summed E-state index contributed by atoms with van der Waals surface area (Å²) in [5.74, 6) is -1.16. The summed E-state index contributed by atoms with van der Waals surface area (Å²) in [6.07, 6.45) is 2.99. The summed E-state index contributed by atoms with van der Waals surface area (Å²) in [6.45, 7) is 3.37. The molecular formula is C24H24FN2O4+. The molecule has 2 aliphatic rings. The monoisotopic (exact) mass is 423 g/mol. The van der Waals surface area contributed by atoms with Crippen LogP contribution in [0.15, 0.2) is 54.6 Å². The normalized spacial score (nSPS) is 21.2. The minimum absolute atomic E-state index is 0.160. The van der Waals surface area contributed by atoms with Crippen LogP contribution in [0.3, 0.4) is 0 Å². The predicted molar refractivity (Wildman–Crippen MR) is 113 cm³/mol. The quantitative estimate of drug-likeness (QED) is 0.590. The first-order valence-electron chi connectivity index (χ1n) is 10.4. The zero-order chi connectivity index (χ0) is 22.0. The zero-order valence-electron chi connectivity index (χ0n) is 17.3. The third-order valence-corrected chi connectivity index (χ3v) is 5.82. The van der Waals surface area contributed by atoms with Gasteiger partial charge in [-0.15, -0.1) is 0 Å². The highest BCUT2D eigenvalue weighted by atomic mass is 19.1. The minimum atomic E-state index is -0.437. The Kier molecular flexibility index (Phi) is 5.95. The average molecular weight is 423 g/mol. The number of benzene rings is 2. The maximum absolute atomic E-state index is 13.2. The summed E-state index contributed by atoms with van der Waals surface area (Å²) in [5.41, 5.74) is 2.95. The molecule has 0 aliphatic carbocycles. The van der Waals surface area contributed by atoms with Crippen molar-refractivity contribution < 1.29 is 28.4 Å². The summed E-state index contributed by atoms with van der Waals surface area (Å²) in [6, 6.07) is 12.3. The van der Waals surface area contributed by atoms with Gasteiger partial charge in [0.2, 0.25) is 5.91 Å². The van der Waals surface area contributed by atoms with E-state index in [0.29, 0.717) is 17.8 Å². The van der Waals surface area contributed by atoms with Crippen LogP contribution < -0.4 is 9.80 Å². The third-order valence-electron chi connectivity index (χ3n) is 5.82. The van der Waals surface area contributed by atoms with Crippen molar-refractivity contribution in [2.45, 2.75) is 25.8 Å². The number of amides is 2. The molecule has 0 spiro atoms. The van der Waals surface area contributed by atoms with Crippen LogP contribution in [-0.4, -0.2) is 43.5 Å². The Morgan fingerprint density at radius 1 is 1.13 bits per heavy atom. The second-order valence-electron chi connectivity index (χ2n) is 7.69. The van der Waals surface area contributed by atoms with Crippen molar-refractivity contribution in [2.24, 2.45) is 0 Å². The number of halogens is 1. The number of rotatable bonds is 5. The first-order chi connectivity index (χ1) is 15.0. The van der Waals surface area contributed by atoms with E-state index < -0.39 is 12.0 Å². The first-order valence-corrected chi connectivity index (χ1v) is 10.4. The van der Waals surface area contributed by atoms with E-state index in [0.717, 1.165) is 29.0 Å². The highest BCUT2D eigenvalue weighted by Crippen LogP contribution is 2.24. The van der Waals surface area contributed by atoms with Gasteiger partial charge in [-0.05, 0) is 60.5 Å². The van der Waals surface area contributed by atoms with E-state index in [-0.39, 0.29) is 30.7 Å². The van der Waals surface area contributed by atoms with Crippen LogP contribution in [-0.2, 0) is 14.3 Å². The van der Waals surface area contributed by atoms with Crippen molar-refractivity contribution in [3.8, 4) is 0 Å². The number of nitrogens with zero attached hydrogens (tertiary/aromatic N) is 1. The van der Waals surface area contributed by atoms with Crippen molar-refractivity contribution in [1.29, 1.82) is 0 Å². The van der Waals surface area contributed by atoms with Gasteiger partial charge in [0.25, 0.3) is 5.91 Å². The van der Waals surface area contributed by atoms with Crippen molar-refractivity contribution in [1.82, 2.24) is 0 Å². The number of ether oxygens (including phenoxy) is 1. The number of hydrogen-bond acceptors (Lipinski definition) is 4. The van der Waals surface area contributed by atoms with Gasteiger partial charge in [0, 0.05) is 6.42 Å². The number of carbonyl (C=O) groups excluding carboxylic acids is 3. The fourth-order valence-electron chi connectivity index (χ4n) is 4.18. The van der Waals surface area contributed by atoms with Gasteiger partial charge in [-0.2, -0.15) is 0 Å². The van der Waals surface area contributed by atoms with Gasteiger partial charge >= 0.3 is 5.97 Å². The Morgan fingerprint density at radius 2 is 1.84 bits per heavy atom. The Morgan fingerprint density at radius 3 is 2.45 bits per heavy atom. The average Bonchev–Trinajstić information content (AvgIpc) is 3.08.